The van der Waals surface area contributed by atoms with Gasteiger partial charge in [-0.3, -0.25) is 10.1 Å². The fraction of sp³-hybridized carbons (Fsp3) is 0.625. The number of piperazine rings is 1. The molecule has 1 aromatic heterocycles. The number of nitro groups is 1. The van der Waals surface area contributed by atoms with Crippen LogP contribution < -0.4 is 4.90 Å². The maximum atomic E-state index is 12.1. The molecule has 0 radical (unpaired) electrons. The molecule has 0 N–H and O–H groups in total. The van der Waals surface area contributed by atoms with Crippen molar-refractivity contribution in [2.24, 2.45) is 0 Å². The van der Waals surface area contributed by atoms with Crippen molar-refractivity contribution >= 4 is 17.6 Å². The predicted molar refractivity (Wildman–Crippen MR) is 91.6 cm³/mol. The highest BCUT2D eigenvalue weighted by molar-refractivity contribution is 5.69. The molecule has 25 heavy (non-hydrogen) atoms. The van der Waals surface area contributed by atoms with E-state index in [1.165, 1.54) is 13.2 Å². The van der Waals surface area contributed by atoms with E-state index in [0.717, 1.165) is 0 Å². The minimum absolute atomic E-state index is 0.0553. The maximum absolute atomic E-state index is 12.1. The highest BCUT2D eigenvalue weighted by Crippen LogP contribution is 2.28. The van der Waals surface area contributed by atoms with E-state index in [1.807, 2.05) is 25.7 Å². The number of nitrogens with zero attached hydrogens (tertiary/aromatic N) is 4. The molecule has 0 spiro atoms. The third kappa shape index (κ3) is 5.02. The number of hydrogen-bond donors (Lipinski definition) is 0. The molecule has 1 saturated heterocycles. The molecule has 1 aliphatic rings. The molecule has 0 bridgehead atoms. The van der Waals surface area contributed by atoms with E-state index in [4.69, 9.17) is 9.47 Å². The largest absolute Gasteiger partial charge is 0.444 e. The van der Waals surface area contributed by atoms with Gasteiger partial charge in [0.05, 0.1) is 11.5 Å². The Hall–Kier alpha value is -2.42. The Labute approximate surface area is 146 Å². The number of pyridine rings is 1. The second-order valence-electron chi connectivity index (χ2n) is 6.83. The Morgan fingerprint density at radius 2 is 1.96 bits per heavy atom. The van der Waals surface area contributed by atoms with Crippen molar-refractivity contribution in [3.63, 3.8) is 0 Å². The number of hydrogen-bond acceptors (Lipinski definition) is 7. The van der Waals surface area contributed by atoms with Gasteiger partial charge in [0.25, 0.3) is 0 Å². The summed E-state index contributed by atoms with van der Waals surface area (Å²) in [5.74, 6) is 0.314. The fourth-order valence-corrected chi connectivity index (χ4v) is 2.54. The Balaban J connectivity index is 2.07. The summed E-state index contributed by atoms with van der Waals surface area (Å²) in [4.78, 5) is 30.7. The molecule has 0 aliphatic carbocycles. The second-order valence-corrected chi connectivity index (χ2v) is 6.83. The molecule has 1 aliphatic heterocycles. The molecular formula is C16H24N4O5. The molecular weight excluding hydrogens is 328 g/mol. The number of aromatic nitrogens is 1. The Morgan fingerprint density at radius 1 is 1.32 bits per heavy atom. The number of ether oxygens (including phenoxy) is 2. The van der Waals surface area contributed by atoms with E-state index in [9.17, 15) is 14.9 Å². The molecule has 1 fully saturated rings. The van der Waals surface area contributed by atoms with Crippen LogP contribution >= 0.6 is 0 Å². The first kappa shape index (κ1) is 18.9. The van der Waals surface area contributed by atoms with E-state index >= 15 is 0 Å². The maximum Gasteiger partial charge on any atom is 0.410 e. The van der Waals surface area contributed by atoms with Crippen molar-refractivity contribution in [3.05, 3.63) is 27.9 Å². The first-order valence-electron chi connectivity index (χ1n) is 8.06. The third-order valence-corrected chi connectivity index (χ3v) is 3.64. The zero-order valence-corrected chi connectivity index (χ0v) is 15.0. The van der Waals surface area contributed by atoms with Crippen LogP contribution in [-0.2, 0) is 16.1 Å². The van der Waals surface area contributed by atoms with Crippen molar-refractivity contribution in [1.82, 2.24) is 9.88 Å². The minimum atomic E-state index is -0.550. The van der Waals surface area contributed by atoms with Gasteiger partial charge >= 0.3 is 11.8 Å². The van der Waals surface area contributed by atoms with Crippen molar-refractivity contribution < 1.29 is 19.2 Å². The number of methoxy groups -OCH3 is 1. The molecule has 1 aromatic rings. The van der Waals surface area contributed by atoms with Gasteiger partial charge in [-0.15, -0.1) is 0 Å². The van der Waals surface area contributed by atoms with Gasteiger partial charge in [0, 0.05) is 51.1 Å². The summed E-state index contributed by atoms with van der Waals surface area (Å²) in [6, 6.07) is 1.48. The number of anilines is 1. The van der Waals surface area contributed by atoms with Crippen molar-refractivity contribution in [2.45, 2.75) is 33.0 Å². The molecule has 0 unspecified atom stereocenters. The van der Waals surface area contributed by atoms with Gasteiger partial charge in [-0.1, -0.05) is 0 Å². The average molecular weight is 352 g/mol. The van der Waals surface area contributed by atoms with Crippen LogP contribution in [0.25, 0.3) is 0 Å². The van der Waals surface area contributed by atoms with Crippen LogP contribution in [0.2, 0.25) is 0 Å². The van der Waals surface area contributed by atoms with E-state index in [-0.39, 0.29) is 18.4 Å². The van der Waals surface area contributed by atoms with Crippen LogP contribution in [0.1, 0.15) is 26.3 Å². The lowest BCUT2D eigenvalue weighted by Crippen LogP contribution is -2.50. The quantitative estimate of drug-likeness (QED) is 0.605. The first-order chi connectivity index (χ1) is 11.7. The van der Waals surface area contributed by atoms with E-state index in [2.05, 4.69) is 4.98 Å². The molecule has 0 aromatic carbocycles. The van der Waals surface area contributed by atoms with Crippen molar-refractivity contribution in [1.29, 1.82) is 0 Å². The first-order valence-corrected chi connectivity index (χ1v) is 8.06. The van der Waals surface area contributed by atoms with Gasteiger partial charge in [0.1, 0.15) is 5.60 Å². The summed E-state index contributed by atoms with van der Waals surface area (Å²) in [5.41, 5.74) is 0.0387. The third-order valence-electron chi connectivity index (χ3n) is 3.64. The highest BCUT2D eigenvalue weighted by Gasteiger charge is 2.29. The number of rotatable bonds is 4. The van der Waals surface area contributed by atoms with Gasteiger partial charge in [0.2, 0.25) is 5.82 Å². The minimum Gasteiger partial charge on any atom is -0.444 e. The van der Waals surface area contributed by atoms with Gasteiger partial charge in [0.15, 0.2) is 0 Å². The van der Waals surface area contributed by atoms with Crippen LogP contribution in [0.3, 0.4) is 0 Å². The fourth-order valence-electron chi connectivity index (χ4n) is 2.54. The van der Waals surface area contributed by atoms with Crippen LogP contribution in [0, 0.1) is 10.1 Å². The normalized spacial score (nSPS) is 15.2. The van der Waals surface area contributed by atoms with E-state index in [1.54, 1.807) is 11.1 Å². The SMILES string of the molecule is COCc1cnc(N2CCN(C(=O)OC(C)(C)C)CC2)c([N+](=O)[O-])c1. The molecule has 0 saturated carbocycles. The molecule has 9 heteroatoms. The molecule has 1 amide bonds. The average Bonchev–Trinajstić information content (AvgIpc) is 2.53. The Bertz CT molecular complexity index is 636. The molecule has 2 heterocycles. The summed E-state index contributed by atoms with van der Waals surface area (Å²) >= 11 is 0. The van der Waals surface area contributed by atoms with Crippen LogP contribution in [0.15, 0.2) is 12.3 Å². The lowest BCUT2D eigenvalue weighted by molar-refractivity contribution is -0.384. The molecule has 9 nitrogen and oxygen atoms in total. The van der Waals surface area contributed by atoms with Gasteiger partial charge in [-0.2, -0.15) is 0 Å². The van der Waals surface area contributed by atoms with Crippen LogP contribution in [0.5, 0.6) is 0 Å². The molecule has 0 atom stereocenters. The standard InChI is InChI=1S/C16H24N4O5/c1-16(2,3)25-15(21)19-7-5-18(6-8-19)14-13(20(22)23)9-12(10-17-14)11-24-4/h9-10H,5-8,11H2,1-4H3. The van der Waals surface area contributed by atoms with E-state index in [0.29, 0.717) is 37.6 Å². The summed E-state index contributed by atoms with van der Waals surface area (Å²) in [7, 11) is 1.52. The lowest BCUT2D eigenvalue weighted by atomic mass is 10.2. The molecule has 138 valence electrons. The Kier molecular flexibility index (Phi) is 5.78. The van der Waals surface area contributed by atoms with E-state index < -0.39 is 10.5 Å². The smallest absolute Gasteiger partial charge is 0.410 e. The van der Waals surface area contributed by atoms with Gasteiger partial charge in [-0.25, -0.2) is 9.78 Å². The molecule has 2 rings (SSSR count). The summed E-state index contributed by atoms with van der Waals surface area (Å²) < 4.78 is 10.3. The summed E-state index contributed by atoms with van der Waals surface area (Å²) in [6.45, 7) is 7.47. The number of amides is 1. The number of carbonyl (C=O) groups is 1. The second kappa shape index (κ2) is 7.64. The van der Waals surface area contributed by atoms with Gasteiger partial charge in [-0.05, 0) is 20.8 Å². The van der Waals surface area contributed by atoms with Crippen LogP contribution in [0.4, 0.5) is 16.3 Å². The zero-order valence-electron chi connectivity index (χ0n) is 15.0. The topological polar surface area (TPSA) is 98.0 Å². The van der Waals surface area contributed by atoms with Crippen molar-refractivity contribution in [2.75, 3.05) is 38.2 Å². The highest BCUT2D eigenvalue weighted by atomic mass is 16.6. The summed E-state index contributed by atoms with van der Waals surface area (Å²) in [5, 5.41) is 11.4. The Morgan fingerprint density at radius 3 is 2.48 bits per heavy atom. The monoisotopic (exact) mass is 352 g/mol. The number of carbonyl (C=O) groups excluding carboxylic acids is 1. The predicted octanol–water partition coefficient (Wildman–Crippen LogP) is 2.19. The lowest BCUT2D eigenvalue weighted by Gasteiger charge is -2.35. The zero-order chi connectivity index (χ0) is 18.6. The summed E-state index contributed by atoms with van der Waals surface area (Å²) in [6.07, 6.45) is 1.21. The van der Waals surface area contributed by atoms with Gasteiger partial charge < -0.3 is 19.3 Å². The van der Waals surface area contributed by atoms with Crippen molar-refractivity contribution in [3.8, 4) is 0 Å². The van der Waals surface area contributed by atoms with Crippen LogP contribution in [-0.4, -0.2) is 59.8 Å².